The fraction of sp³-hybridized carbons (Fsp3) is 0.368. The molecule has 142 valence electrons. The minimum atomic E-state index is -3.33. The van der Waals surface area contributed by atoms with Crippen molar-refractivity contribution in [2.24, 2.45) is 0 Å². The lowest BCUT2D eigenvalue weighted by atomic mass is 10.0. The van der Waals surface area contributed by atoms with Gasteiger partial charge in [-0.25, -0.2) is 4.57 Å². The standard InChI is InChI=1S/C19H24ClO4PS/c1-3-23-25(22,24-4-2)26-19(16-10-12-17(20)13-11-16)14-18(21)15-8-6-5-7-9-15/h5-13,18-19,21H,3-4,14H2,1-2H3/t18-,19-/m0/s1. The van der Waals surface area contributed by atoms with Crippen LogP contribution in [0.3, 0.4) is 0 Å². The quantitative estimate of drug-likeness (QED) is 0.454. The lowest BCUT2D eigenvalue weighted by Crippen LogP contribution is -2.05. The van der Waals surface area contributed by atoms with Crippen LogP contribution in [0.25, 0.3) is 0 Å². The Morgan fingerprint density at radius 2 is 1.58 bits per heavy atom. The molecule has 0 heterocycles. The van der Waals surface area contributed by atoms with Crippen LogP contribution in [0.1, 0.15) is 42.7 Å². The molecule has 2 aromatic carbocycles. The van der Waals surface area contributed by atoms with Crippen LogP contribution < -0.4 is 0 Å². The Labute approximate surface area is 164 Å². The molecule has 2 aromatic rings. The van der Waals surface area contributed by atoms with Crippen LogP contribution in [0, 0.1) is 0 Å². The molecule has 0 fully saturated rings. The molecule has 0 saturated heterocycles. The molecule has 4 nitrogen and oxygen atoms in total. The normalized spacial score (nSPS) is 14.2. The molecule has 2 rings (SSSR count). The molecule has 2 atom stereocenters. The Hall–Kier alpha value is -0.810. The second-order valence-electron chi connectivity index (χ2n) is 5.59. The van der Waals surface area contributed by atoms with E-state index in [0.29, 0.717) is 24.7 Å². The van der Waals surface area contributed by atoms with Gasteiger partial charge in [-0.05, 0) is 54.9 Å². The first-order chi connectivity index (χ1) is 12.5. The summed E-state index contributed by atoms with van der Waals surface area (Å²) in [5.41, 5.74) is 1.73. The highest BCUT2D eigenvalue weighted by atomic mass is 35.5. The van der Waals surface area contributed by atoms with E-state index in [4.69, 9.17) is 20.6 Å². The maximum Gasteiger partial charge on any atom is 0.389 e. The van der Waals surface area contributed by atoms with E-state index in [2.05, 4.69) is 0 Å². The molecule has 26 heavy (non-hydrogen) atoms. The minimum Gasteiger partial charge on any atom is -0.388 e. The number of benzene rings is 2. The number of hydrogen-bond donors (Lipinski definition) is 1. The smallest absolute Gasteiger partial charge is 0.388 e. The van der Waals surface area contributed by atoms with Crippen molar-refractivity contribution in [1.82, 2.24) is 0 Å². The van der Waals surface area contributed by atoms with Crippen LogP contribution in [0.15, 0.2) is 54.6 Å². The predicted octanol–water partition coefficient (Wildman–Crippen LogP) is 6.42. The van der Waals surface area contributed by atoms with Crippen LogP contribution in [0.4, 0.5) is 0 Å². The van der Waals surface area contributed by atoms with Crippen LogP contribution in [0.5, 0.6) is 0 Å². The van der Waals surface area contributed by atoms with Crippen molar-refractivity contribution in [2.45, 2.75) is 31.6 Å². The van der Waals surface area contributed by atoms with Gasteiger partial charge in [-0.15, -0.1) is 0 Å². The summed E-state index contributed by atoms with van der Waals surface area (Å²) in [6.07, 6.45) is -0.318. The Kier molecular flexibility index (Phi) is 8.68. The van der Waals surface area contributed by atoms with E-state index in [9.17, 15) is 9.67 Å². The molecular weight excluding hydrogens is 391 g/mol. The predicted molar refractivity (Wildman–Crippen MR) is 109 cm³/mol. The summed E-state index contributed by atoms with van der Waals surface area (Å²) in [7, 11) is 0. The van der Waals surface area contributed by atoms with Gasteiger partial charge in [-0.3, -0.25) is 0 Å². The van der Waals surface area contributed by atoms with Crippen molar-refractivity contribution < 1.29 is 18.7 Å². The Morgan fingerprint density at radius 3 is 2.12 bits per heavy atom. The molecule has 0 aromatic heterocycles. The zero-order chi connectivity index (χ0) is 19.0. The third kappa shape index (κ3) is 6.41. The zero-order valence-corrected chi connectivity index (χ0v) is 17.3. The molecule has 0 spiro atoms. The van der Waals surface area contributed by atoms with Crippen molar-refractivity contribution in [3.63, 3.8) is 0 Å². The van der Waals surface area contributed by atoms with E-state index in [0.717, 1.165) is 22.5 Å². The molecular formula is C19H24ClO4PS. The van der Waals surface area contributed by atoms with E-state index in [-0.39, 0.29) is 5.25 Å². The molecule has 0 bridgehead atoms. The van der Waals surface area contributed by atoms with Gasteiger partial charge < -0.3 is 14.2 Å². The topological polar surface area (TPSA) is 55.8 Å². The number of hydrogen-bond acceptors (Lipinski definition) is 5. The Morgan fingerprint density at radius 1 is 1.00 bits per heavy atom. The van der Waals surface area contributed by atoms with Gasteiger partial charge in [0.15, 0.2) is 0 Å². The van der Waals surface area contributed by atoms with Gasteiger partial charge in [0.2, 0.25) is 0 Å². The van der Waals surface area contributed by atoms with E-state index in [1.807, 2.05) is 42.5 Å². The SMILES string of the molecule is CCOP(=O)(OCC)S[C@@H](C[C@H](O)c1ccccc1)c1ccc(Cl)cc1. The first-order valence-electron chi connectivity index (χ1n) is 8.53. The number of rotatable bonds is 10. The molecule has 0 aliphatic heterocycles. The summed E-state index contributed by atoms with van der Waals surface area (Å²) in [5, 5.41) is 11.0. The second-order valence-corrected chi connectivity index (χ2v) is 10.2. The zero-order valence-electron chi connectivity index (χ0n) is 14.9. The summed E-state index contributed by atoms with van der Waals surface area (Å²) in [6.45, 7) is 0.813. The van der Waals surface area contributed by atoms with Crippen LogP contribution in [0.2, 0.25) is 5.02 Å². The maximum atomic E-state index is 13.0. The summed E-state index contributed by atoms with van der Waals surface area (Å²) in [5.74, 6) is 0. The van der Waals surface area contributed by atoms with Gasteiger partial charge in [0.05, 0.1) is 19.3 Å². The van der Waals surface area contributed by atoms with Gasteiger partial charge in [0.1, 0.15) is 0 Å². The summed E-state index contributed by atoms with van der Waals surface area (Å²) >= 11 is 7.12. The lowest BCUT2D eigenvalue weighted by molar-refractivity contribution is 0.167. The third-order valence-electron chi connectivity index (χ3n) is 3.69. The summed E-state index contributed by atoms with van der Waals surface area (Å²) in [4.78, 5) is 0. The lowest BCUT2D eigenvalue weighted by Gasteiger charge is -2.25. The average molecular weight is 415 g/mol. The van der Waals surface area contributed by atoms with Crippen LogP contribution in [-0.2, 0) is 13.6 Å². The number of halogens is 1. The van der Waals surface area contributed by atoms with Gasteiger partial charge in [-0.2, -0.15) is 0 Å². The van der Waals surface area contributed by atoms with E-state index in [1.165, 1.54) is 0 Å². The highest BCUT2D eigenvalue weighted by molar-refractivity contribution is 8.55. The molecule has 1 N–H and O–H groups in total. The number of aliphatic hydroxyl groups is 1. The van der Waals surface area contributed by atoms with Crippen LogP contribution >= 0.6 is 29.8 Å². The molecule has 0 radical (unpaired) electrons. The molecule has 0 saturated carbocycles. The minimum absolute atomic E-state index is 0.272. The average Bonchev–Trinajstić information content (AvgIpc) is 2.63. The summed E-state index contributed by atoms with van der Waals surface area (Å²) in [6, 6.07) is 16.7. The van der Waals surface area contributed by atoms with Gasteiger partial charge in [-0.1, -0.05) is 54.1 Å². The fourth-order valence-electron chi connectivity index (χ4n) is 2.50. The van der Waals surface area contributed by atoms with Gasteiger partial charge in [0, 0.05) is 10.3 Å². The molecule has 0 amide bonds. The molecule has 0 aliphatic rings. The maximum absolute atomic E-state index is 13.0. The van der Waals surface area contributed by atoms with Crippen molar-refractivity contribution in [2.75, 3.05) is 13.2 Å². The van der Waals surface area contributed by atoms with Crippen molar-refractivity contribution >= 4 is 29.8 Å². The third-order valence-corrected chi connectivity index (χ3v) is 8.24. The van der Waals surface area contributed by atoms with Crippen LogP contribution in [-0.4, -0.2) is 18.3 Å². The Balaban J connectivity index is 2.26. The molecule has 0 aliphatic carbocycles. The highest BCUT2D eigenvalue weighted by Crippen LogP contribution is 2.66. The summed E-state index contributed by atoms with van der Waals surface area (Å²) < 4.78 is 23.8. The van der Waals surface area contributed by atoms with Crippen molar-refractivity contribution in [3.05, 3.63) is 70.7 Å². The van der Waals surface area contributed by atoms with E-state index >= 15 is 0 Å². The first kappa shape index (κ1) is 21.5. The van der Waals surface area contributed by atoms with E-state index in [1.54, 1.807) is 26.0 Å². The van der Waals surface area contributed by atoms with Crippen molar-refractivity contribution in [3.8, 4) is 0 Å². The number of aliphatic hydroxyl groups excluding tert-OH is 1. The van der Waals surface area contributed by atoms with Crippen molar-refractivity contribution in [1.29, 1.82) is 0 Å². The first-order valence-corrected chi connectivity index (χ1v) is 11.9. The largest absolute Gasteiger partial charge is 0.389 e. The fourth-order valence-corrected chi connectivity index (χ4v) is 6.87. The van der Waals surface area contributed by atoms with E-state index < -0.39 is 12.9 Å². The second kappa shape index (κ2) is 10.5. The molecule has 0 unspecified atom stereocenters. The van der Waals surface area contributed by atoms with Gasteiger partial charge >= 0.3 is 6.80 Å². The van der Waals surface area contributed by atoms with Gasteiger partial charge in [0.25, 0.3) is 0 Å². The highest BCUT2D eigenvalue weighted by Gasteiger charge is 2.32. The monoisotopic (exact) mass is 414 g/mol. The molecule has 7 heteroatoms. The Bertz CT molecular complexity index is 701.